The van der Waals surface area contributed by atoms with Gasteiger partial charge in [0, 0.05) is 29.2 Å². The second kappa shape index (κ2) is 6.70. The summed E-state index contributed by atoms with van der Waals surface area (Å²) in [5.41, 5.74) is 3.31. The maximum atomic E-state index is 4.54. The van der Waals surface area contributed by atoms with Crippen molar-refractivity contribution in [2.45, 2.75) is 32.9 Å². The van der Waals surface area contributed by atoms with Crippen LogP contribution in [0.5, 0.6) is 0 Å². The average Bonchev–Trinajstić information content (AvgIpc) is 3.17. The fraction of sp³-hybridized carbons (Fsp3) is 0.312. The molecule has 114 valence electrons. The van der Waals surface area contributed by atoms with E-state index in [1.165, 1.54) is 0 Å². The summed E-state index contributed by atoms with van der Waals surface area (Å²) in [4.78, 5) is 8.50. The van der Waals surface area contributed by atoms with Crippen LogP contribution in [0.4, 0.5) is 5.69 Å². The largest absolute Gasteiger partial charge is 0.383 e. The smallest absolute Gasteiger partial charge is 0.137 e. The molecule has 3 aromatic rings. The zero-order chi connectivity index (χ0) is 15.4. The molecule has 1 aromatic carbocycles. The van der Waals surface area contributed by atoms with Crippen molar-refractivity contribution in [3.63, 3.8) is 0 Å². The molecule has 1 unspecified atom stereocenters. The van der Waals surface area contributed by atoms with Gasteiger partial charge in [0.15, 0.2) is 0 Å². The van der Waals surface area contributed by atoms with Crippen LogP contribution < -0.4 is 5.32 Å². The minimum atomic E-state index is 0.358. The first-order valence-corrected chi connectivity index (χ1v) is 8.20. The molecule has 0 spiro atoms. The molecule has 0 saturated heterocycles. The Morgan fingerprint density at radius 1 is 1.36 bits per heavy atom. The summed E-state index contributed by atoms with van der Waals surface area (Å²) in [6.45, 7) is 5.07. The van der Waals surface area contributed by atoms with Crippen LogP contribution in [0.25, 0.3) is 11.3 Å². The van der Waals surface area contributed by atoms with E-state index in [0.29, 0.717) is 6.04 Å². The number of nitrogens with zero attached hydrogens (tertiary/aromatic N) is 4. The fourth-order valence-electron chi connectivity index (χ4n) is 2.30. The number of aromatic nitrogens is 4. The van der Waals surface area contributed by atoms with Gasteiger partial charge in [0.25, 0.3) is 0 Å². The molecule has 0 aliphatic rings. The minimum absolute atomic E-state index is 0.358. The number of benzene rings is 1. The Balaban J connectivity index is 1.62. The van der Waals surface area contributed by atoms with E-state index >= 15 is 0 Å². The molecule has 0 aliphatic heterocycles. The number of thiazole rings is 1. The van der Waals surface area contributed by atoms with Crippen LogP contribution in [0, 0.1) is 6.92 Å². The maximum absolute atomic E-state index is 4.54. The monoisotopic (exact) mass is 313 g/mol. The van der Waals surface area contributed by atoms with Gasteiger partial charge in [-0.05, 0) is 32.4 Å². The summed E-state index contributed by atoms with van der Waals surface area (Å²) in [5, 5.41) is 10.8. The van der Waals surface area contributed by atoms with Crippen LogP contribution in [-0.4, -0.2) is 25.8 Å². The predicted octanol–water partition coefficient (Wildman–Crippen LogP) is 3.60. The van der Waals surface area contributed by atoms with Crippen molar-refractivity contribution in [3.8, 4) is 11.3 Å². The highest BCUT2D eigenvalue weighted by molar-refractivity contribution is 7.09. The van der Waals surface area contributed by atoms with Gasteiger partial charge in [-0.15, -0.1) is 11.3 Å². The molecule has 0 amide bonds. The summed E-state index contributed by atoms with van der Waals surface area (Å²) >= 11 is 1.68. The molecule has 2 aromatic heterocycles. The Labute approximate surface area is 134 Å². The van der Waals surface area contributed by atoms with Crippen LogP contribution in [0.15, 0.2) is 42.3 Å². The molecule has 0 fully saturated rings. The minimum Gasteiger partial charge on any atom is -0.383 e. The third kappa shape index (κ3) is 3.71. The Hall–Kier alpha value is -2.21. The van der Waals surface area contributed by atoms with Crippen molar-refractivity contribution in [2.75, 3.05) is 5.32 Å². The molecule has 0 bridgehead atoms. The van der Waals surface area contributed by atoms with Crippen molar-refractivity contribution in [2.24, 2.45) is 0 Å². The number of hydrogen-bond donors (Lipinski definition) is 1. The van der Waals surface area contributed by atoms with Gasteiger partial charge in [-0.3, -0.25) is 4.68 Å². The molecule has 22 heavy (non-hydrogen) atoms. The second-order valence-corrected chi connectivity index (χ2v) is 6.39. The predicted molar refractivity (Wildman–Crippen MR) is 90.0 cm³/mol. The van der Waals surface area contributed by atoms with Gasteiger partial charge in [-0.1, -0.05) is 12.1 Å². The summed E-state index contributed by atoms with van der Waals surface area (Å²) in [6.07, 6.45) is 4.30. The van der Waals surface area contributed by atoms with Crippen LogP contribution in [0.1, 0.15) is 18.4 Å². The van der Waals surface area contributed by atoms with E-state index in [0.717, 1.165) is 34.9 Å². The fourth-order valence-corrected chi connectivity index (χ4v) is 2.92. The third-order valence-corrected chi connectivity index (χ3v) is 4.22. The van der Waals surface area contributed by atoms with Gasteiger partial charge in [-0.2, -0.15) is 5.10 Å². The summed E-state index contributed by atoms with van der Waals surface area (Å²) in [6, 6.07) is 8.77. The van der Waals surface area contributed by atoms with Crippen LogP contribution >= 0.6 is 11.3 Å². The molecule has 0 saturated carbocycles. The normalized spacial score (nSPS) is 12.3. The zero-order valence-corrected chi connectivity index (χ0v) is 13.5. The van der Waals surface area contributed by atoms with Crippen molar-refractivity contribution in [1.29, 1.82) is 0 Å². The zero-order valence-electron chi connectivity index (χ0n) is 12.7. The molecule has 0 radical (unpaired) electrons. The molecule has 5 nitrogen and oxygen atoms in total. The Morgan fingerprint density at radius 2 is 2.27 bits per heavy atom. The standard InChI is InChI=1S/C16H19N5S/c1-12(6-7-21-11-17-10-18-21)19-15-5-3-4-14(8-15)16-9-22-13(2)20-16/h3-5,8-12,19H,6-7H2,1-2H3. The molecular formula is C16H19N5S. The maximum Gasteiger partial charge on any atom is 0.137 e. The molecule has 3 rings (SSSR count). The number of rotatable bonds is 6. The Kier molecular flexibility index (Phi) is 4.48. The summed E-state index contributed by atoms with van der Waals surface area (Å²) in [7, 11) is 0. The van der Waals surface area contributed by atoms with Crippen molar-refractivity contribution in [1.82, 2.24) is 19.7 Å². The number of anilines is 1. The van der Waals surface area contributed by atoms with E-state index in [1.807, 2.05) is 11.6 Å². The highest BCUT2D eigenvalue weighted by atomic mass is 32.1. The molecule has 0 aliphatic carbocycles. The van der Waals surface area contributed by atoms with Gasteiger partial charge in [0.05, 0.1) is 10.7 Å². The summed E-state index contributed by atoms with van der Waals surface area (Å²) < 4.78 is 1.85. The van der Waals surface area contributed by atoms with Gasteiger partial charge in [-0.25, -0.2) is 9.97 Å². The van der Waals surface area contributed by atoms with Gasteiger partial charge in [0.2, 0.25) is 0 Å². The lowest BCUT2D eigenvalue weighted by molar-refractivity contribution is 0.544. The van der Waals surface area contributed by atoms with Gasteiger partial charge >= 0.3 is 0 Å². The molecule has 6 heteroatoms. The molecule has 1 N–H and O–H groups in total. The molecular weight excluding hydrogens is 294 g/mol. The molecule has 2 heterocycles. The first kappa shape index (κ1) is 14.7. The van der Waals surface area contributed by atoms with Gasteiger partial charge in [0.1, 0.15) is 12.7 Å². The quantitative estimate of drug-likeness (QED) is 0.755. The van der Waals surface area contributed by atoms with E-state index in [1.54, 1.807) is 24.0 Å². The molecule has 1 atom stereocenters. The first-order valence-electron chi connectivity index (χ1n) is 7.32. The number of hydrogen-bond acceptors (Lipinski definition) is 5. The second-order valence-electron chi connectivity index (χ2n) is 5.33. The van der Waals surface area contributed by atoms with Crippen LogP contribution in [0.2, 0.25) is 0 Å². The van der Waals surface area contributed by atoms with Crippen LogP contribution in [0.3, 0.4) is 0 Å². The van der Waals surface area contributed by atoms with Crippen molar-refractivity contribution < 1.29 is 0 Å². The lowest BCUT2D eigenvalue weighted by Crippen LogP contribution is -2.17. The van der Waals surface area contributed by atoms with Gasteiger partial charge < -0.3 is 5.32 Å². The summed E-state index contributed by atoms with van der Waals surface area (Å²) in [5.74, 6) is 0. The lowest BCUT2D eigenvalue weighted by Gasteiger charge is -2.15. The SMILES string of the molecule is Cc1nc(-c2cccc(NC(C)CCn3cncn3)c2)cs1. The van der Waals surface area contributed by atoms with E-state index in [4.69, 9.17) is 0 Å². The number of nitrogens with one attached hydrogen (secondary N) is 1. The third-order valence-electron chi connectivity index (χ3n) is 3.45. The first-order chi connectivity index (χ1) is 10.7. The lowest BCUT2D eigenvalue weighted by atomic mass is 10.1. The van der Waals surface area contributed by atoms with E-state index in [9.17, 15) is 0 Å². The Bertz CT molecular complexity index is 720. The average molecular weight is 313 g/mol. The highest BCUT2D eigenvalue weighted by Crippen LogP contribution is 2.24. The van der Waals surface area contributed by atoms with E-state index in [2.05, 4.69) is 57.0 Å². The topological polar surface area (TPSA) is 55.6 Å². The van der Waals surface area contributed by atoms with Crippen molar-refractivity contribution >= 4 is 17.0 Å². The van der Waals surface area contributed by atoms with Crippen LogP contribution in [-0.2, 0) is 6.54 Å². The number of aryl methyl sites for hydroxylation is 2. The van der Waals surface area contributed by atoms with E-state index in [-0.39, 0.29) is 0 Å². The van der Waals surface area contributed by atoms with E-state index < -0.39 is 0 Å². The highest BCUT2D eigenvalue weighted by Gasteiger charge is 2.06. The Morgan fingerprint density at radius 3 is 3.00 bits per heavy atom. The van der Waals surface area contributed by atoms with Crippen molar-refractivity contribution in [3.05, 3.63) is 47.3 Å².